The minimum atomic E-state index is -0.683. The largest absolute Gasteiger partial charge is 0.369 e. The Labute approximate surface area is 140 Å². The fourth-order valence-corrected chi connectivity index (χ4v) is 3.66. The molecule has 1 spiro atoms. The van der Waals surface area contributed by atoms with E-state index in [-0.39, 0.29) is 22.5 Å². The van der Waals surface area contributed by atoms with Crippen molar-refractivity contribution in [1.82, 2.24) is 0 Å². The molecule has 128 valence electrons. The molecule has 0 atom stereocenters. The minimum Gasteiger partial charge on any atom is -0.369 e. The highest BCUT2D eigenvalue weighted by Gasteiger charge is 2.45. The number of nitro benzene ring substituents is 1. The molecule has 1 aromatic carbocycles. The van der Waals surface area contributed by atoms with Crippen LogP contribution in [-0.2, 0) is 0 Å². The van der Waals surface area contributed by atoms with Crippen molar-refractivity contribution in [2.75, 3.05) is 4.90 Å². The number of nitro groups is 1. The molecule has 1 aromatic rings. The molecule has 3 rings (SSSR count). The second-order valence-corrected chi connectivity index (χ2v) is 6.45. The smallest absolute Gasteiger partial charge is 0.293 e. The van der Waals surface area contributed by atoms with Crippen LogP contribution in [-0.4, -0.2) is 22.5 Å². The maximum atomic E-state index is 11.6. The molecule has 0 bridgehead atoms. The summed E-state index contributed by atoms with van der Waals surface area (Å²) in [5.41, 5.74) is 13.6. The first kappa shape index (κ1) is 16.2. The summed E-state index contributed by atoms with van der Waals surface area (Å²) in [4.78, 5) is 21.6. The van der Waals surface area contributed by atoms with Crippen molar-refractivity contribution < 1.29 is 4.92 Å². The Balaban J connectivity index is 2.25. The zero-order chi connectivity index (χ0) is 17.5. The lowest BCUT2D eigenvalue weighted by Crippen LogP contribution is -2.58. The summed E-state index contributed by atoms with van der Waals surface area (Å²) < 4.78 is 0. The molecule has 1 heterocycles. The Morgan fingerprint density at radius 1 is 1.21 bits per heavy atom. The Morgan fingerprint density at radius 2 is 1.88 bits per heavy atom. The number of nitrogens with zero attached hydrogens (tertiary/aromatic N) is 4. The molecule has 8 heteroatoms. The monoisotopic (exact) mass is 330 g/mol. The number of hydrogen-bond acceptors (Lipinski definition) is 7. The first-order valence-corrected chi connectivity index (χ1v) is 8.10. The van der Waals surface area contributed by atoms with Crippen LogP contribution >= 0.6 is 0 Å². The van der Waals surface area contributed by atoms with Crippen LogP contribution in [0.3, 0.4) is 0 Å². The number of aliphatic imine (C=N–C) groups is 2. The van der Waals surface area contributed by atoms with Gasteiger partial charge >= 0.3 is 0 Å². The molecule has 1 fully saturated rings. The van der Waals surface area contributed by atoms with Gasteiger partial charge in [-0.3, -0.25) is 15.0 Å². The number of benzene rings is 1. The zero-order valence-corrected chi connectivity index (χ0v) is 14.0. The predicted octanol–water partition coefficient (Wildman–Crippen LogP) is 2.32. The van der Waals surface area contributed by atoms with Gasteiger partial charge in [0, 0.05) is 6.07 Å². The fraction of sp³-hybridized carbons (Fsp3) is 0.500. The topological polar surface area (TPSA) is 123 Å². The lowest BCUT2D eigenvalue weighted by Gasteiger charge is -2.45. The molecule has 8 nitrogen and oxygen atoms in total. The number of anilines is 1. The van der Waals surface area contributed by atoms with Crippen LogP contribution in [0.1, 0.15) is 43.2 Å². The maximum absolute atomic E-state index is 11.6. The van der Waals surface area contributed by atoms with E-state index in [4.69, 9.17) is 11.5 Å². The lowest BCUT2D eigenvalue weighted by atomic mass is 9.86. The van der Waals surface area contributed by atoms with Crippen molar-refractivity contribution in [1.29, 1.82) is 0 Å². The quantitative estimate of drug-likeness (QED) is 0.636. The molecule has 0 amide bonds. The number of hydrogen-bond donors (Lipinski definition) is 2. The van der Waals surface area contributed by atoms with Gasteiger partial charge in [0.1, 0.15) is 11.4 Å². The molecule has 1 aliphatic heterocycles. The summed E-state index contributed by atoms with van der Waals surface area (Å²) in [7, 11) is 0. The van der Waals surface area contributed by atoms with Crippen molar-refractivity contribution in [3.05, 3.63) is 33.4 Å². The third-order valence-corrected chi connectivity index (χ3v) is 4.95. The van der Waals surface area contributed by atoms with Crippen LogP contribution in [0.5, 0.6) is 0 Å². The van der Waals surface area contributed by atoms with E-state index in [9.17, 15) is 10.1 Å². The molecule has 1 saturated carbocycles. The normalized spacial score (nSPS) is 19.8. The second-order valence-electron chi connectivity index (χ2n) is 6.45. The molecule has 24 heavy (non-hydrogen) atoms. The highest BCUT2D eigenvalue weighted by Crippen LogP contribution is 2.44. The molecule has 0 saturated heterocycles. The first-order chi connectivity index (χ1) is 11.4. The van der Waals surface area contributed by atoms with Crippen LogP contribution < -0.4 is 16.4 Å². The molecule has 0 unspecified atom stereocenters. The van der Waals surface area contributed by atoms with Gasteiger partial charge in [-0.1, -0.05) is 12.5 Å². The third kappa shape index (κ3) is 2.47. The SMILES string of the molecule is Cc1ccc([N+](=O)[O-])c(N2C(N)=NC(N)=NC23CCCCC3)c1C. The average Bonchev–Trinajstić information content (AvgIpc) is 2.51. The van der Waals surface area contributed by atoms with E-state index in [0.29, 0.717) is 5.69 Å². The minimum absolute atomic E-state index is 0.0110. The number of rotatable bonds is 2. The van der Waals surface area contributed by atoms with E-state index in [0.717, 1.165) is 43.2 Å². The molecular formula is C16H22N6O2. The van der Waals surface area contributed by atoms with E-state index < -0.39 is 5.66 Å². The van der Waals surface area contributed by atoms with Crippen LogP contribution in [0.4, 0.5) is 11.4 Å². The predicted molar refractivity (Wildman–Crippen MR) is 94.1 cm³/mol. The number of guanidine groups is 2. The van der Waals surface area contributed by atoms with Crippen molar-refractivity contribution >= 4 is 23.3 Å². The van der Waals surface area contributed by atoms with Crippen molar-refractivity contribution in [3.63, 3.8) is 0 Å². The van der Waals surface area contributed by atoms with Crippen LogP contribution in [0.15, 0.2) is 22.1 Å². The maximum Gasteiger partial charge on any atom is 0.293 e. The van der Waals surface area contributed by atoms with E-state index in [1.165, 1.54) is 6.07 Å². The second kappa shape index (κ2) is 5.77. The number of aryl methyl sites for hydroxylation is 1. The van der Waals surface area contributed by atoms with Gasteiger partial charge in [0.15, 0.2) is 0 Å². The van der Waals surface area contributed by atoms with Gasteiger partial charge in [-0.05, 0) is 50.7 Å². The summed E-state index contributed by atoms with van der Waals surface area (Å²) in [5.74, 6) is 0.305. The molecular weight excluding hydrogens is 308 g/mol. The van der Waals surface area contributed by atoms with Crippen LogP contribution in [0.2, 0.25) is 0 Å². The summed E-state index contributed by atoms with van der Waals surface area (Å²) >= 11 is 0. The van der Waals surface area contributed by atoms with Gasteiger partial charge in [0.2, 0.25) is 11.9 Å². The summed E-state index contributed by atoms with van der Waals surface area (Å²) in [5, 5.41) is 11.6. The molecule has 0 aromatic heterocycles. The summed E-state index contributed by atoms with van der Waals surface area (Å²) in [6, 6.07) is 3.27. The van der Waals surface area contributed by atoms with Gasteiger partial charge in [0.05, 0.1) is 4.92 Å². The average molecular weight is 330 g/mol. The number of nitrogens with two attached hydrogens (primary N) is 2. The lowest BCUT2D eigenvalue weighted by molar-refractivity contribution is -0.384. The standard InChI is InChI=1S/C16H22N6O2/c1-10-6-7-12(22(23)24)13(11(10)2)21-15(18)19-14(17)20-16(21)8-4-3-5-9-16/h6-7H,3-5,8-9H2,1-2H3,(H4,17,18,19,20). The van der Waals surface area contributed by atoms with Crippen molar-refractivity contribution in [2.24, 2.45) is 21.5 Å². The fourth-order valence-electron chi connectivity index (χ4n) is 3.66. The van der Waals surface area contributed by atoms with Crippen LogP contribution in [0, 0.1) is 24.0 Å². The Hall–Kier alpha value is -2.64. The molecule has 1 aliphatic carbocycles. The molecule has 2 aliphatic rings. The van der Waals surface area contributed by atoms with Crippen LogP contribution in [0.25, 0.3) is 0 Å². The highest BCUT2D eigenvalue weighted by molar-refractivity contribution is 6.07. The molecule has 4 N–H and O–H groups in total. The van der Waals surface area contributed by atoms with E-state index >= 15 is 0 Å². The van der Waals surface area contributed by atoms with Gasteiger partial charge in [0.25, 0.3) is 5.69 Å². The van der Waals surface area contributed by atoms with Crippen molar-refractivity contribution in [2.45, 2.75) is 51.6 Å². The van der Waals surface area contributed by atoms with E-state index in [2.05, 4.69) is 9.98 Å². The van der Waals surface area contributed by atoms with Gasteiger partial charge < -0.3 is 11.5 Å². The summed E-state index contributed by atoms with van der Waals surface area (Å²) in [6.07, 6.45) is 4.54. The molecule has 0 radical (unpaired) electrons. The van der Waals surface area contributed by atoms with Crippen molar-refractivity contribution in [3.8, 4) is 0 Å². The first-order valence-electron chi connectivity index (χ1n) is 8.10. The van der Waals surface area contributed by atoms with E-state index in [1.54, 1.807) is 11.0 Å². The van der Waals surface area contributed by atoms with E-state index in [1.807, 2.05) is 13.8 Å². The Bertz CT molecular complexity index is 749. The van der Waals surface area contributed by atoms with Gasteiger partial charge in [-0.2, -0.15) is 4.99 Å². The zero-order valence-electron chi connectivity index (χ0n) is 14.0. The van der Waals surface area contributed by atoms with Gasteiger partial charge in [-0.25, -0.2) is 4.99 Å². The summed E-state index contributed by atoms with van der Waals surface area (Å²) in [6.45, 7) is 3.79. The Kier molecular flexibility index (Phi) is 3.90. The Morgan fingerprint density at radius 3 is 2.50 bits per heavy atom. The highest BCUT2D eigenvalue weighted by atomic mass is 16.6. The third-order valence-electron chi connectivity index (χ3n) is 4.95. The van der Waals surface area contributed by atoms with Gasteiger partial charge in [-0.15, -0.1) is 0 Å².